The molecule has 4 nitrogen and oxygen atoms in total. The summed E-state index contributed by atoms with van der Waals surface area (Å²) in [6.07, 6.45) is 6.60. The minimum Gasteiger partial charge on any atom is -0.381 e. The third-order valence-electron chi connectivity index (χ3n) is 3.45. The van der Waals surface area contributed by atoms with E-state index < -0.39 is 0 Å². The number of carbonyl (C=O) groups is 1. The molecule has 4 heteroatoms. The monoisotopic (exact) mass is 226 g/mol. The fourth-order valence-corrected chi connectivity index (χ4v) is 2.26. The topological polar surface area (TPSA) is 50.4 Å². The second-order valence-corrected chi connectivity index (χ2v) is 4.91. The van der Waals surface area contributed by atoms with Gasteiger partial charge in [0.05, 0.1) is 6.10 Å². The van der Waals surface area contributed by atoms with Gasteiger partial charge in [0.15, 0.2) is 0 Å². The molecule has 92 valence electrons. The van der Waals surface area contributed by atoms with Crippen molar-refractivity contribution in [3.05, 3.63) is 0 Å². The number of ether oxygens (including phenoxy) is 1. The van der Waals surface area contributed by atoms with Crippen molar-refractivity contribution in [1.82, 2.24) is 10.6 Å². The molecule has 0 bridgehead atoms. The quantitative estimate of drug-likeness (QED) is 0.705. The molecule has 0 aliphatic heterocycles. The second kappa shape index (κ2) is 5.64. The van der Waals surface area contributed by atoms with Gasteiger partial charge in [0.25, 0.3) is 0 Å². The first kappa shape index (κ1) is 11.9. The van der Waals surface area contributed by atoms with Crippen LogP contribution >= 0.6 is 0 Å². The van der Waals surface area contributed by atoms with Crippen molar-refractivity contribution in [2.45, 2.75) is 56.7 Å². The summed E-state index contributed by atoms with van der Waals surface area (Å²) in [6, 6.07) is 1.02. The van der Waals surface area contributed by atoms with Crippen LogP contribution in [0.4, 0.5) is 0 Å². The van der Waals surface area contributed by atoms with Crippen molar-refractivity contribution >= 4 is 5.91 Å². The maximum absolute atomic E-state index is 11.6. The highest BCUT2D eigenvalue weighted by Crippen LogP contribution is 2.21. The third-order valence-corrected chi connectivity index (χ3v) is 3.45. The standard InChI is InChI=1S/C12H22N2O2/c1-16-11-5-4-10(8-11)14-12(15)6-7-13-9-2-3-9/h9-11,13H,2-8H2,1H3,(H,14,15). The molecule has 16 heavy (non-hydrogen) atoms. The highest BCUT2D eigenvalue weighted by molar-refractivity contribution is 5.76. The SMILES string of the molecule is COC1CCC(NC(=O)CCNC2CC2)C1. The first-order chi connectivity index (χ1) is 7.78. The van der Waals surface area contributed by atoms with Crippen LogP contribution < -0.4 is 10.6 Å². The molecule has 0 radical (unpaired) electrons. The normalized spacial score (nSPS) is 29.3. The van der Waals surface area contributed by atoms with Crippen molar-refractivity contribution in [1.29, 1.82) is 0 Å². The van der Waals surface area contributed by atoms with Gasteiger partial charge in [0.1, 0.15) is 0 Å². The molecule has 2 saturated carbocycles. The molecule has 0 heterocycles. The van der Waals surface area contributed by atoms with Crippen molar-refractivity contribution in [3.63, 3.8) is 0 Å². The van der Waals surface area contributed by atoms with Gasteiger partial charge in [0, 0.05) is 32.2 Å². The lowest BCUT2D eigenvalue weighted by Gasteiger charge is -2.13. The summed E-state index contributed by atoms with van der Waals surface area (Å²) in [5, 5.41) is 6.43. The number of amides is 1. The molecular formula is C12H22N2O2. The van der Waals surface area contributed by atoms with Crippen LogP contribution in [0.2, 0.25) is 0 Å². The van der Waals surface area contributed by atoms with Crippen molar-refractivity contribution in [2.24, 2.45) is 0 Å². The van der Waals surface area contributed by atoms with E-state index in [1.807, 2.05) is 0 Å². The average Bonchev–Trinajstić information content (AvgIpc) is 2.97. The Bertz CT molecular complexity index is 241. The van der Waals surface area contributed by atoms with Crippen LogP contribution in [0, 0.1) is 0 Å². The first-order valence-electron chi connectivity index (χ1n) is 6.33. The smallest absolute Gasteiger partial charge is 0.221 e. The molecule has 2 N–H and O–H groups in total. The van der Waals surface area contributed by atoms with Crippen LogP contribution in [0.3, 0.4) is 0 Å². The highest BCUT2D eigenvalue weighted by Gasteiger charge is 2.25. The minimum atomic E-state index is 0.176. The van der Waals surface area contributed by atoms with Gasteiger partial charge in [-0.3, -0.25) is 4.79 Å². The molecule has 2 atom stereocenters. The lowest BCUT2D eigenvalue weighted by atomic mass is 10.2. The zero-order valence-corrected chi connectivity index (χ0v) is 10.00. The molecular weight excluding hydrogens is 204 g/mol. The lowest BCUT2D eigenvalue weighted by Crippen LogP contribution is -2.35. The van der Waals surface area contributed by atoms with Gasteiger partial charge >= 0.3 is 0 Å². The van der Waals surface area contributed by atoms with E-state index in [1.54, 1.807) is 7.11 Å². The predicted octanol–water partition coefficient (Wildman–Crippen LogP) is 0.812. The fraction of sp³-hybridized carbons (Fsp3) is 0.917. The van der Waals surface area contributed by atoms with Crippen molar-refractivity contribution < 1.29 is 9.53 Å². The predicted molar refractivity (Wildman–Crippen MR) is 62.2 cm³/mol. The molecule has 0 aromatic rings. The van der Waals surface area contributed by atoms with Gasteiger partial charge in [-0.25, -0.2) is 0 Å². The molecule has 2 aliphatic carbocycles. The first-order valence-corrected chi connectivity index (χ1v) is 6.33. The Morgan fingerprint density at radius 2 is 2.00 bits per heavy atom. The Hall–Kier alpha value is -0.610. The maximum atomic E-state index is 11.6. The fourth-order valence-electron chi connectivity index (χ4n) is 2.26. The van der Waals surface area contributed by atoms with Gasteiger partial charge < -0.3 is 15.4 Å². The summed E-state index contributed by atoms with van der Waals surface area (Å²) in [5.41, 5.74) is 0. The molecule has 2 unspecified atom stereocenters. The van der Waals surface area contributed by atoms with Gasteiger partial charge in [0.2, 0.25) is 5.91 Å². The van der Waals surface area contributed by atoms with E-state index in [4.69, 9.17) is 4.74 Å². The molecule has 0 spiro atoms. The van der Waals surface area contributed by atoms with Crippen LogP contribution in [0.15, 0.2) is 0 Å². The largest absolute Gasteiger partial charge is 0.381 e. The van der Waals surface area contributed by atoms with Gasteiger partial charge in [-0.2, -0.15) is 0 Å². The van der Waals surface area contributed by atoms with Crippen molar-refractivity contribution in [3.8, 4) is 0 Å². The van der Waals surface area contributed by atoms with E-state index in [0.29, 0.717) is 24.6 Å². The lowest BCUT2D eigenvalue weighted by molar-refractivity contribution is -0.121. The third kappa shape index (κ3) is 3.76. The molecule has 0 aromatic carbocycles. The Morgan fingerprint density at radius 1 is 1.25 bits per heavy atom. The summed E-state index contributed by atoms with van der Waals surface area (Å²) < 4.78 is 5.28. The Kier molecular flexibility index (Phi) is 4.18. The summed E-state index contributed by atoms with van der Waals surface area (Å²) >= 11 is 0. The van der Waals surface area contributed by atoms with E-state index in [2.05, 4.69) is 10.6 Å². The second-order valence-electron chi connectivity index (χ2n) is 4.91. The van der Waals surface area contributed by atoms with Gasteiger partial charge in [-0.15, -0.1) is 0 Å². The van der Waals surface area contributed by atoms with Crippen LogP contribution in [0.25, 0.3) is 0 Å². The minimum absolute atomic E-state index is 0.176. The van der Waals surface area contributed by atoms with Crippen LogP contribution in [-0.4, -0.2) is 37.7 Å². The summed E-state index contributed by atoms with van der Waals surface area (Å²) in [6.45, 7) is 0.816. The highest BCUT2D eigenvalue weighted by atomic mass is 16.5. The molecule has 0 aromatic heterocycles. The van der Waals surface area contributed by atoms with E-state index in [0.717, 1.165) is 25.8 Å². The van der Waals surface area contributed by atoms with Crippen LogP contribution in [0.1, 0.15) is 38.5 Å². The molecule has 1 amide bonds. The van der Waals surface area contributed by atoms with Crippen LogP contribution in [0.5, 0.6) is 0 Å². The number of hydrogen-bond donors (Lipinski definition) is 2. The number of nitrogens with one attached hydrogen (secondary N) is 2. The van der Waals surface area contributed by atoms with Gasteiger partial charge in [-0.05, 0) is 32.1 Å². The molecule has 2 aliphatic rings. The zero-order valence-electron chi connectivity index (χ0n) is 10.00. The Balaban J connectivity index is 1.55. The number of carbonyl (C=O) groups excluding carboxylic acids is 1. The Morgan fingerprint density at radius 3 is 2.62 bits per heavy atom. The number of hydrogen-bond acceptors (Lipinski definition) is 3. The maximum Gasteiger partial charge on any atom is 0.221 e. The average molecular weight is 226 g/mol. The summed E-state index contributed by atoms with van der Waals surface area (Å²) in [7, 11) is 1.74. The molecule has 2 fully saturated rings. The number of rotatable bonds is 6. The Labute approximate surface area is 97.1 Å². The van der Waals surface area contributed by atoms with Crippen LogP contribution in [-0.2, 0) is 9.53 Å². The summed E-state index contributed by atoms with van der Waals surface area (Å²) in [4.78, 5) is 11.6. The van der Waals surface area contributed by atoms with Crippen molar-refractivity contribution in [2.75, 3.05) is 13.7 Å². The zero-order chi connectivity index (χ0) is 11.4. The molecule has 0 saturated heterocycles. The van der Waals surface area contributed by atoms with Gasteiger partial charge in [-0.1, -0.05) is 0 Å². The molecule has 2 rings (SSSR count). The van der Waals surface area contributed by atoms with E-state index in [9.17, 15) is 4.79 Å². The van der Waals surface area contributed by atoms with E-state index in [1.165, 1.54) is 12.8 Å². The number of methoxy groups -OCH3 is 1. The van der Waals surface area contributed by atoms with E-state index in [-0.39, 0.29) is 5.91 Å². The summed E-state index contributed by atoms with van der Waals surface area (Å²) in [5.74, 6) is 0.176. The van der Waals surface area contributed by atoms with E-state index >= 15 is 0 Å².